The van der Waals surface area contributed by atoms with Crippen molar-refractivity contribution in [3.63, 3.8) is 0 Å². The molecule has 0 spiro atoms. The average molecular weight is 620 g/mol. The number of ether oxygens (including phenoxy) is 2. The van der Waals surface area contributed by atoms with Crippen LogP contribution in [-0.4, -0.2) is 85.1 Å². The van der Waals surface area contributed by atoms with Gasteiger partial charge in [0.05, 0.1) is 11.5 Å². The van der Waals surface area contributed by atoms with E-state index in [0.717, 1.165) is 22.8 Å². The summed E-state index contributed by atoms with van der Waals surface area (Å²) in [7, 11) is -0.430. The standard InChI is InChI=1S/C31H45N3O6S2/c1-22-10-16-25(17-11-22)42(37,38)34(28(35)27-32-31(5,6)21-41-27)26(29(36)40-30(2,3)4)20-23-12-14-24(15-13-23)39-19-9-18-33(7)8/h10-17,26-27,32H,9,18-21H2,1-8H3/t26-,27-/m0/s1. The molecule has 232 valence electrons. The molecule has 2 aromatic rings. The smallest absolute Gasteiger partial charge is 0.330 e. The number of benzene rings is 2. The van der Waals surface area contributed by atoms with Gasteiger partial charge in [-0.05, 0) is 91.9 Å². The van der Waals surface area contributed by atoms with Crippen molar-refractivity contribution in [1.82, 2.24) is 14.5 Å². The summed E-state index contributed by atoms with van der Waals surface area (Å²) in [6.45, 7) is 12.3. The minimum absolute atomic E-state index is 0.0621. The van der Waals surface area contributed by atoms with Gasteiger partial charge < -0.3 is 14.4 Å². The number of sulfonamides is 1. The average Bonchev–Trinajstić information content (AvgIpc) is 3.25. The number of esters is 1. The quantitative estimate of drug-likeness (QED) is 0.276. The van der Waals surface area contributed by atoms with E-state index < -0.39 is 38.9 Å². The number of aryl methyl sites for hydroxylation is 1. The Labute approximate surface area is 255 Å². The lowest BCUT2D eigenvalue weighted by molar-refractivity contribution is -0.161. The zero-order valence-corrected chi connectivity index (χ0v) is 27.6. The molecule has 1 heterocycles. The number of carbonyl (C=O) groups is 2. The Kier molecular flexibility index (Phi) is 11.1. The molecule has 0 unspecified atom stereocenters. The Morgan fingerprint density at radius 2 is 1.69 bits per heavy atom. The van der Waals surface area contributed by atoms with E-state index in [9.17, 15) is 18.0 Å². The van der Waals surface area contributed by atoms with Gasteiger partial charge in [-0.25, -0.2) is 17.5 Å². The van der Waals surface area contributed by atoms with Crippen molar-refractivity contribution in [3.8, 4) is 5.75 Å². The number of hydrogen-bond donors (Lipinski definition) is 1. The highest BCUT2D eigenvalue weighted by molar-refractivity contribution is 8.01. The van der Waals surface area contributed by atoms with Crippen molar-refractivity contribution in [2.75, 3.05) is 33.0 Å². The highest BCUT2D eigenvalue weighted by Gasteiger charge is 2.47. The lowest BCUT2D eigenvalue weighted by atomic mass is 10.0. The minimum atomic E-state index is -4.44. The second-order valence-electron chi connectivity index (χ2n) is 12.6. The molecule has 0 aliphatic carbocycles. The molecule has 1 fully saturated rings. The predicted molar refractivity (Wildman–Crippen MR) is 167 cm³/mol. The Bertz CT molecular complexity index is 1320. The monoisotopic (exact) mass is 619 g/mol. The van der Waals surface area contributed by atoms with Gasteiger partial charge in [0.2, 0.25) is 0 Å². The third-order valence-corrected chi connectivity index (χ3v) is 9.85. The van der Waals surface area contributed by atoms with Crippen LogP contribution in [0.2, 0.25) is 0 Å². The molecule has 3 rings (SSSR count). The molecule has 9 nitrogen and oxygen atoms in total. The maximum Gasteiger partial charge on any atom is 0.330 e. The van der Waals surface area contributed by atoms with Crippen LogP contribution in [0.15, 0.2) is 53.4 Å². The zero-order valence-electron chi connectivity index (χ0n) is 26.0. The molecule has 0 saturated carbocycles. The van der Waals surface area contributed by atoms with Crippen LogP contribution in [0.25, 0.3) is 0 Å². The summed E-state index contributed by atoms with van der Waals surface area (Å²) in [5.41, 5.74) is 0.253. The van der Waals surface area contributed by atoms with Crippen molar-refractivity contribution < 1.29 is 27.5 Å². The largest absolute Gasteiger partial charge is 0.494 e. The first-order valence-electron chi connectivity index (χ1n) is 14.1. The first-order valence-corrected chi connectivity index (χ1v) is 16.6. The lowest BCUT2D eigenvalue weighted by Gasteiger charge is -2.33. The second-order valence-corrected chi connectivity index (χ2v) is 15.5. The number of amides is 1. The third kappa shape index (κ3) is 9.45. The first-order chi connectivity index (χ1) is 19.5. The van der Waals surface area contributed by atoms with Gasteiger partial charge in [0.1, 0.15) is 22.8 Å². The maximum atomic E-state index is 14.2. The van der Waals surface area contributed by atoms with Gasteiger partial charge in [0.25, 0.3) is 15.9 Å². The Hall–Kier alpha value is -2.60. The molecular weight excluding hydrogens is 574 g/mol. The van der Waals surface area contributed by atoms with Crippen LogP contribution in [0.1, 0.15) is 52.2 Å². The van der Waals surface area contributed by atoms with E-state index >= 15 is 0 Å². The molecule has 11 heteroatoms. The van der Waals surface area contributed by atoms with E-state index in [1.165, 1.54) is 23.9 Å². The molecule has 2 atom stereocenters. The zero-order chi connectivity index (χ0) is 31.3. The van der Waals surface area contributed by atoms with E-state index in [1.54, 1.807) is 57.2 Å². The van der Waals surface area contributed by atoms with Crippen molar-refractivity contribution in [2.24, 2.45) is 0 Å². The fraction of sp³-hybridized carbons (Fsp3) is 0.548. The van der Waals surface area contributed by atoms with Gasteiger partial charge in [-0.15, -0.1) is 11.8 Å². The number of nitrogens with one attached hydrogen (secondary N) is 1. The summed E-state index contributed by atoms with van der Waals surface area (Å²) in [6, 6.07) is 12.0. The topological polar surface area (TPSA) is 105 Å². The van der Waals surface area contributed by atoms with Crippen molar-refractivity contribution in [1.29, 1.82) is 0 Å². The van der Waals surface area contributed by atoms with E-state index in [1.807, 2.05) is 34.9 Å². The summed E-state index contributed by atoms with van der Waals surface area (Å²) >= 11 is 1.32. The van der Waals surface area contributed by atoms with E-state index in [-0.39, 0.29) is 16.9 Å². The molecule has 1 saturated heterocycles. The lowest BCUT2D eigenvalue weighted by Crippen LogP contribution is -2.56. The van der Waals surface area contributed by atoms with Gasteiger partial charge >= 0.3 is 5.97 Å². The number of thioether (sulfide) groups is 1. The number of hydrogen-bond acceptors (Lipinski definition) is 9. The first kappa shape index (κ1) is 33.9. The van der Waals surface area contributed by atoms with Crippen LogP contribution in [0.5, 0.6) is 5.75 Å². The van der Waals surface area contributed by atoms with Crippen molar-refractivity contribution in [3.05, 3.63) is 59.7 Å². The van der Waals surface area contributed by atoms with Crippen LogP contribution >= 0.6 is 11.8 Å². The molecule has 1 aliphatic heterocycles. The maximum absolute atomic E-state index is 14.2. The van der Waals surface area contributed by atoms with Gasteiger partial charge in [-0.2, -0.15) is 0 Å². The van der Waals surface area contributed by atoms with Crippen LogP contribution in [0.4, 0.5) is 0 Å². The van der Waals surface area contributed by atoms with E-state index in [2.05, 4.69) is 10.2 Å². The second kappa shape index (κ2) is 13.8. The molecule has 0 radical (unpaired) electrons. The fourth-order valence-electron chi connectivity index (χ4n) is 4.39. The summed E-state index contributed by atoms with van der Waals surface area (Å²) in [5, 5.41) is 2.38. The number of carbonyl (C=O) groups excluding carboxylic acids is 2. The van der Waals surface area contributed by atoms with Gasteiger partial charge in [0, 0.05) is 24.3 Å². The normalized spacial score (nSPS) is 17.6. The van der Waals surface area contributed by atoms with Crippen LogP contribution in [-0.2, 0) is 30.8 Å². The molecular formula is C31H45N3O6S2. The molecule has 0 aromatic heterocycles. The molecule has 1 N–H and O–H groups in total. The number of nitrogens with zero attached hydrogens (tertiary/aromatic N) is 2. The number of rotatable bonds is 12. The Balaban J connectivity index is 2.01. The molecule has 1 aliphatic rings. The molecule has 1 amide bonds. The third-order valence-electron chi connectivity index (χ3n) is 6.48. The highest BCUT2D eigenvalue weighted by atomic mass is 32.2. The predicted octanol–water partition coefficient (Wildman–Crippen LogP) is 4.24. The Morgan fingerprint density at radius 3 is 2.21 bits per heavy atom. The minimum Gasteiger partial charge on any atom is -0.494 e. The SMILES string of the molecule is Cc1ccc(S(=O)(=O)N(C(=O)[C@H]2NC(C)(C)CS2)[C@@H](Cc2ccc(OCCCN(C)C)cc2)C(=O)OC(C)(C)C)cc1. The van der Waals surface area contributed by atoms with Crippen LogP contribution in [0.3, 0.4) is 0 Å². The van der Waals surface area contributed by atoms with Crippen molar-refractivity contribution >= 4 is 33.7 Å². The summed E-state index contributed by atoms with van der Waals surface area (Å²) in [5.74, 6) is -0.226. The highest BCUT2D eigenvalue weighted by Crippen LogP contribution is 2.32. The summed E-state index contributed by atoms with van der Waals surface area (Å²) < 4.78 is 40.7. The van der Waals surface area contributed by atoms with Crippen LogP contribution in [0, 0.1) is 6.92 Å². The van der Waals surface area contributed by atoms with E-state index in [0.29, 0.717) is 23.7 Å². The molecule has 0 bridgehead atoms. The van der Waals surface area contributed by atoms with Gasteiger partial charge in [-0.1, -0.05) is 29.8 Å². The van der Waals surface area contributed by atoms with Gasteiger partial charge in [-0.3, -0.25) is 10.1 Å². The summed E-state index contributed by atoms with van der Waals surface area (Å²) in [6.07, 6.45) is 0.806. The fourth-order valence-corrected chi connectivity index (χ4v) is 7.33. The summed E-state index contributed by atoms with van der Waals surface area (Å²) in [4.78, 5) is 29.9. The molecule has 2 aromatic carbocycles. The van der Waals surface area contributed by atoms with E-state index in [4.69, 9.17) is 9.47 Å². The van der Waals surface area contributed by atoms with Gasteiger partial charge in [0.15, 0.2) is 0 Å². The van der Waals surface area contributed by atoms with Crippen LogP contribution < -0.4 is 10.1 Å². The van der Waals surface area contributed by atoms with Crippen molar-refractivity contribution in [2.45, 2.75) is 81.8 Å². The Morgan fingerprint density at radius 1 is 1.07 bits per heavy atom. The molecule has 42 heavy (non-hydrogen) atoms.